The zero-order valence-electron chi connectivity index (χ0n) is 18.9. The van der Waals surface area contributed by atoms with Crippen LogP contribution in [0.15, 0.2) is 12.1 Å². The second kappa shape index (κ2) is 10.9. The number of amides is 3. The minimum atomic E-state index is -0.359. The Balaban J connectivity index is 2.37. The molecule has 1 aliphatic heterocycles. The number of rotatable bonds is 9. The lowest BCUT2D eigenvalue weighted by atomic mass is 9.88. The largest absolute Gasteiger partial charge is 0.493 e. The number of methoxy groups -OCH3 is 3. The van der Waals surface area contributed by atoms with Crippen molar-refractivity contribution in [3.8, 4) is 17.2 Å². The molecule has 2 atom stereocenters. The third-order valence-corrected chi connectivity index (χ3v) is 5.30. The van der Waals surface area contributed by atoms with E-state index in [0.717, 1.165) is 18.4 Å². The Morgan fingerprint density at radius 1 is 1.10 bits per heavy atom. The van der Waals surface area contributed by atoms with E-state index in [2.05, 4.69) is 17.6 Å². The third-order valence-electron chi connectivity index (χ3n) is 5.30. The van der Waals surface area contributed by atoms with Crippen LogP contribution >= 0.6 is 0 Å². The molecule has 1 saturated heterocycles. The Bertz CT molecular complexity index is 712. The first-order valence-corrected chi connectivity index (χ1v) is 10.5. The molecule has 0 spiro atoms. The summed E-state index contributed by atoms with van der Waals surface area (Å²) < 4.78 is 16.4. The smallest absolute Gasteiger partial charge is 0.317 e. The summed E-state index contributed by atoms with van der Waals surface area (Å²) in [5, 5.41) is 5.94. The molecule has 3 amide bonds. The molecule has 0 aromatic heterocycles. The van der Waals surface area contributed by atoms with Crippen LogP contribution in [0.1, 0.15) is 45.1 Å². The quantitative estimate of drug-likeness (QED) is 0.599. The highest BCUT2D eigenvalue weighted by Crippen LogP contribution is 2.43. The maximum atomic E-state index is 13.0. The molecule has 30 heavy (non-hydrogen) atoms. The van der Waals surface area contributed by atoms with Gasteiger partial charge in [-0.2, -0.15) is 0 Å². The molecule has 1 fully saturated rings. The number of ether oxygens (including phenoxy) is 3. The maximum absolute atomic E-state index is 13.0. The minimum absolute atomic E-state index is 0.0227. The molecule has 0 bridgehead atoms. The molecule has 0 radical (unpaired) electrons. The fraction of sp³-hybridized carbons (Fsp3) is 0.636. The summed E-state index contributed by atoms with van der Waals surface area (Å²) in [5.74, 6) is 0.979. The summed E-state index contributed by atoms with van der Waals surface area (Å²) in [6.45, 7) is 7.34. The van der Waals surface area contributed by atoms with Gasteiger partial charge in [0.15, 0.2) is 11.5 Å². The number of nitrogens with one attached hydrogen (secondary N) is 2. The molecule has 2 N–H and O–H groups in total. The van der Waals surface area contributed by atoms with Gasteiger partial charge in [-0.3, -0.25) is 4.79 Å². The summed E-state index contributed by atoms with van der Waals surface area (Å²) in [6, 6.07) is 3.59. The summed E-state index contributed by atoms with van der Waals surface area (Å²) in [4.78, 5) is 27.3. The molecule has 8 nitrogen and oxygen atoms in total. The van der Waals surface area contributed by atoms with Gasteiger partial charge in [0, 0.05) is 31.6 Å². The van der Waals surface area contributed by atoms with Gasteiger partial charge in [-0.25, -0.2) is 4.79 Å². The summed E-state index contributed by atoms with van der Waals surface area (Å²) in [7, 11) is 4.68. The van der Waals surface area contributed by atoms with Crippen molar-refractivity contribution in [3.63, 3.8) is 0 Å². The maximum Gasteiger partial charge on any atom is 0.317 e. The molecule has 1 aromatic carbocycles. The average Bonchev–Trinajstić information content (AvgIpc) is 3.18. The molecule has 1 heterocycles. The van der Waals surface area contributed by atoms with E-state index < -0.39 is 0 Å². The van der Waals surface area contributed by atoms with Gasteiger partial charge in [0.05, 0.1) is 27.2 Å². The minimum Gasteiger partial charge on any atom is -0.493 e. The van der Waals surface area contributed by atoms with Gasteiger partial charge >= 0.3 is 6.03 Å². The molecule has 8 heteroatoms. The van der Waals surface area contributed by atoms with Crippen LogP contribution in [0.2, 0.25) is 0 Å². The fourth-order valence-corrected chi connectivity index (χ4v) is 3.75. The van der Waals surface area contributed by atoms with E-state index in [1.807, 2.05) is 26.0 Å². The number of hydrogen-bond donors (Lipinski definition) is 2. The predicted octanol–water partition coefficient (Wildman–Crippen LogP) is 2.76. The lowest BCUT2D eigenvalue weighted by Crippen LogP contribution is -2.42. The van der Waals surface area contributed by atoms with Gasteiger partial charge in [0.1, 0.15) is 0 Å². The van der Waals surface area contributed by atoms with Crippen molar-refractivity contribution in [2.75, 3.05) is 41.0 Å². The molecule has 168 valence electrons. The number of urea groups is 1. The molecule has 0 aliphatic carbocycles. The van der Waals surface area contributed by atoms with Gasteiger partial charge in [0.25, 0.3) is 0 Å². The van der Waals surface area contributed by atoms with Gasteiger partial charge in [-0.1, -0.05) is 13.3 Å². The van der Waals surface area contributed by atoms with Gasteiger partial charge < -0.3 is 29.7 Å². The van der Waals surface area contributed by atoms with Crippen LogP contribution < -0.4 is 24.8 Å². The zero-order valence-corrected chi connectivity index (χ0v) is 18.9. The normalized spacial score (nSPS) is 18.3. The first-order chi connectivity index (χ1) is 14.4. The number of hydrogen-bond acceptors (Lipinski definition) is 5. The van der Waals surface area contributed by atoms with Crippen molar-refractivity contribution >= 4 is 11.9 Å². The van der Waals surface area contributed by atoms with Gasteiger partial charge in [-0.15, -0.1) is 0 Å². The number of benzene rings is 1. The lowest BCUT2D eigenvalue weighted by molar-refractivity contribution is -0.124. The number of carbonyl (C=O) groups excluding carboxylic acids is 2. The van der Waals surface area contributed by atoms with Gasteiger partial charge in [0.2, 0.25) is 11.7 Å². The summed E-state index contributed by atoms with van der Waals surface area (Å²) >= 11 is 0. The molecule has 0 saturated carbocycles. The molecule has 2 rings (SSSR count). The Morgan fingerprint density at radius 3 is 2.23 bits per heavy atom. The van der Waals surface area contributed by atoms with Crippen LogP contribution in [0.25, 0.3) is 0 Å². The monoisotopic (exact) mass is 421 g/mol. The van der Waals surface area contributed by atoms with Gasteiger partial charge in [-0.05, 0) is 38.0 Å². The predicted molar refractivity (Wildman–Crippen MR) is 115 cm³/mol. The van der Waals surface area contributed by atoms with E-state index in [9.17, 15) is 9.59 Å². The van der Waals surface area contributed by atoms with Crippen LogP contribution in [-0.4, -0.2) is 63.8 Å². The molecular formula is C22H35N3O5. The molecule has 1 aromatic rings. The highest BCUT2D eigenvalue weighted by atomic mass is 16.5. The van der Waals surface area contributed by atoms with Crippen molar-refractivity contribution in [1.82, 2.24) is 15.5 Å². The second-order valence-corrected chi connectivity index (χ2v) is 7.83. The molecule has 2 unspecified atom stereocenters. The standard InChI is InChI=1S/C22H35N3O5/c1-7-8-9-23-21(26)17-13-25(22(27)24-14(2)3)12-16(17)15-10-18(28-4)20(30-6)19(11-15)29-5/h10-11,14,16-17H,7-9,12-13H2,1-6H3,(H,23,26)(H,24,27). The molecule has 1 aliphatic rings. The molecular weight excluding hydrogens is 386 g/mol. The summed E-state index contributed by atoms with van der Waals surface area (Å²) in [5.41, 5.74) is 0.875. The number of nitrogens with zero attached hydrogens (tertiary/aromatic N) is 1. The van der Waals surface area contributed by atoms with E-state index in [1.54, 1.807) is 26.2 Å². The average molecular weight is 422 g/mol. The highest BCUT2D eigenvalue weighted by Gasteiger charge is 2.41. The first kappa shape index (κ1) is 23.6. The van der Waals surface area contributed by atoms with E-state index in [4.69, 9.17) is 14.2 Å². The Morgan fingerprint density at radius 2 is 1.73 bits per heavy atom. The Hall–Kier alpha value is -2.64. The second-order valence-electron chi connectivity index (χ2n) is 7.83. The van der Waals surface area contributed by atoms with Crippen molar-refractivity contribution in [2.45, 2.75) is 45.6 Å². The van der Waals surface area contributed by atoms with Crippen LogP contribution in [0.5, 0.6) is 17.2 Å². The van der Waals surface area contributed by atoms with Crippen molar-refractivity contribution in [2.24, 2.45) is 5.92 Å². The fourth-order valence-electron chi connectivity index (χ4n) is 3.75. The Kier molecular flexibility index (Phi) is 8.62. The van der Waals surface area contributed by atoms with Crippen LogP contribution in [0, 0.1) is 5.92 Å². The van der Waals surface area contributed by atoms with Crippen molar-refractivity contribution < 1.29 is 23.8 Å². The lowest BCUT2D eigenvalue weighted by Gasteiger charge is -2.21. The highest BCUT2D eigenvalue weighted by molar-refractivity contribution is 5.83. The van der Waals surface area contributed by atoms with Crippen LogP contribution in [0.4, 0.5) is 4.79 Å². The third kappa shape index (κ3) is 5.49. The van der Waals surface area contributed by atoms with E-state index >= 15 is 0 Å². The van der Waals surface area contributed by atoms with Crippen molar-refractivity contribution in [3.05, 3.63) is 17.7 Å². The van der Waals surface area contributed by atoms with Crippen LogP contribution in [-0.2, 0) is 4.79 Å². The SMILES string of the molecule is CCCCNC(=O)C1CN(C(=O)NC(C)C)CC1c1cc(OC)c(OC)c(OC)c1. The first-order valence-electron chi connectivity index (χ1n) is 10.5. The number of carbonyl (C=O) groups is 2. The summed E-state index contributed by atoms with van der Waals surface area (Å²) in [6.07, 6.45) is 1.93. The topological polar surface area (TPSA) is 89.1 Å². The van der Waals surface area contributed by atoms with Crippen LogP contribution in [0.3, 0.4) is 0 Å². The van der Waals surface area contributed by atoms with E-state index in [-0.39, 0.29) is 29.8 Å². The number of likely N-dealkylation sites (tertiary alicyclic amines) is 1. The zero-order chi connectivity index (χ0) is 22.3. The van der Waals surface area contributed by atoms with Crippen molar-refractivity contribution in [1.29, 1.82) is 0 Å². The Labute approximate surface area is 179 Å². The van der Waals surface area contributed by atoms with E-state index in [1.165, 1.54) is 0 Å². The van der Waals surface area contributed by atoms with E-state index in [0.29, 0.717) is 36.9 Å². The number of unbranched alkanes of at least 4 members (excludes halogenated alkanes) is 1.